The van der Waals surface area contributed by atoms with Crippen LogP contribution in [0.25, 0.3) is 0 Å². The smallest absolute Gasteiger partial charge is 0.340 e. The Kier molecular flexibility index (Phi) is 4.77. The van der Waals surface area contributed by atoms with E-state index in [1.807, 2.05) is 20.8 Å². The van der Waals surface area contributed by atoms with Crippen LogP contribution in [-0.4, -0.2) is 36.0 Å². The number of halogens is 4. The number of aromatic nitrogens is 2. The fourth-order valence-electron chi connectivity index (χ4n) is 1.20. The summed E-state index contributed by atoms with van der Waals surface area (Å²) in [6.07, 6.45) is -3.78. The summed E-state index contributed by atoms with van der Waals surface area (Å²) in [6.45, 7) is 4.06. The molecule has 8 heteroatoms. The van der Waals surface area contributed by atoms with Crippen molar-refractivity contribution in [3.8, 4) is 5.88 Å². The lowest BCUT2D eigenvalue weighted by Crippen LogP contribution is -2.34. The number of hydrogen-bond acceptors (Lipinski definition) is 4. The molecule has 0 aliphatic carbocycles. The van der Waals surface area contributed by atoms with Gasteiger partial charge in [-0.1, -0.05) is 20.8 Å². The number of hydrogen-bond donors (Lipinski definition) is 1. The van der Waals surface area contributed by atoms with Gasteiger partial charge in [0.2, 0.25) is 5.88 Å². The summed E-state index contributed by atoms with van der Waals surface area (Å²) in [5, 5.41) is 2.73. The van der Waals surface area contributed by atoms with Gasteiger partial charge in [0.1, 0.15) is 11.6 Å². The normalized spacial score (nSPS) is 12.7. The Morgan fingerprint density at radius 2 is 1.85 bits per heavy atom. The molecule has 0 spiro atoms. The van der Waals surface area contributed by atoms with E-state index in [2.05, 4.69) is 20.0 Å². The molecular weight excluding hydrogens is 278 g/mol. The molecule has 1 rings (SSSR count). The summed E-state index contributed by atoms with van der Waals surface area (Å²) in [6, 6.07) is 1.27. The lowest BCUT2D eigenvalue weighted by Gasteiger charge is -2.20. The minimum atomic E-state index is -4.22. The lowest BCUT2D eigenvalue weighted by atomic mass is 9.96. The number of alkyl halides is 4. The van der Waals surface area contributed by atoms with E-state index in [-0.39, 0.29) is 5.88 Å². The molecule has 0 aromatic carbocycles. The first-order valence-electron chi connectivity index (χ1n) is 5.92. The zero-order valence-electron chi connectivity index (χ0n) is 11.7. The molecule has 0 unspecified atom stereocenters. The predicted octanol–water partition coefficient (Wildman–Crippen LogP) is 3.10. The minimum Gasteiger partial charge on any atom is -0.471 e. The third-order valence-corrected chi connectivity index (χ3v) is 2.36. The Labute approximate surface area is 114 Å². The number of ether oxygens (including phenoxy) is 1. The zero-order valence-corrected chi connectivity index (χ0v) is 11.7. The van der Waals surface area contributed by atoms with Crippen molar-refractivity contribution in [1.29, 1.82) is 0 Å². The maximum absolute atomic E-state index is 12.8. The second-order valence-corrected chi connectivity index (χ2v) is 5.27. The Morgan fingerprint density at radius 1 is 1.25 bits per heavy atom. The molecule has 1 heterocycles. The molecule has 4 nitrogen and oxygen atoms in total. The SMILES string of the molecule is CNc1cc(OCC(F)(F)C(F)F)nc(C(C)(C)C)n1. The van der Waals surface area contributed by atoms with Crippen molar-refractivity contribution in [3.05, 3.63) is 11.9 Å². The van der Waals surface area contributed by atoms with Gasteiger partial charge in [-0.15, -0.1) is 0 Å². The van der Waals surface area contributed by atoms with E-state index in [1.54, 1.807) is 7.05 Å². The molecule has 1 aromatic heterocycles. The minimum absolute atomic E-state index is 0.172. The van der Waals surface area contributed by atoms with Crippen LogP contribution in [-0.2, 0) is 5.41 Å². The van der Waals surface area contributed by atoms with Crippen LogP contribution in [0.15, 0.2) is 6.07 Å². The molecule has 0 aliphatic rings. The molecule has 0 aliphatic heterocycles. The van der Waals surface area contributed by atoms with Gasteiger partial charge < -0.3 is 10.1 Å². The molecule has 0 atom stereocenters. The van der Waals surface area contributed by atoms with E-state index in [0.29, 0.717) is 11.6 Å². The van der Waals surface area contributed by atoms with Crippen LogP contribution >= 0.6 is 0 Å². The molecule has 0 fully saturated rings. The first kappa shape index (κ1) is 16.5. The highest BCUT2D eigenvalue weighted by Gasteiger charge is 2.42. The van der Waals surface area contributed by atoms with Gasteiger partial charge in [0, 0.05) is 18.5 Å². The fourth-order valence-corrected chi connectivity index (χ4v) is 1.20. The quantitative estimate of drug-likeness (QED) is 0.848. The van der Waals surface area contributed by atoms with Crippen LogP contribution < -0.4 is 10.1 Å². The van der Waals surface area contributed by atoms with Crippen LogP contribution in [0.4, 0.5) is 23.4 Å². The van der Waals surface area contributed by atoms with Crippen molar-refractivity contribution in [3.63, 3.8) is 0 Å². The van der Waals surface area contributed by atoms with E-state index in [9.17, 15) is 17.6 Å². The molecule has 0 bridgehead atoms. The summed E-state index contributed by atoms with van der Waals surface area (Å²) in [7, 11) is 1.59. The van der Waals surface area contributed by atoms with Gasteiger partial charge in [-0.05, 0) is 0 Å². The summed E-state index contributed by atoms with van der Waals surface area (Å²) >= 11 is 0. The van der Waals surface area contributed by atoms with Crippen molar-refractivity contribution in [2.45, 2.75) is 38.5 Å². The van der Waals surface area contributed by atoms with Crippen LogP contribution in [0.2, 0.25) is 0 Å². The highest BCUT2D eigenvalue weighted by atomic mass is 19.3. The highest BCUT2D eigenvalue weighted by molar-refractivity contribution is 5.38. The monoisotopic (exact) mass is 295 g/mol. The van der Waals surface area contributed by atoms with Crippen molar-refractivity contribution >= 4 is 5.82 Å². The average molecular weight is 295 g/mol. The molecule has 0 saturated heterocycles. The Bertz CT molecular complexity index is 461. The van der Waals surface area contributed by atoms with Crippen LogP contribution in [0.1, 0.15) is 26.6 Å². The molecule has 0 amide bonds. The second-order valence-electron chi connectivity index (χ2n) is 5.27. The predicted molar refractivity (Wildman–Crippen MR) is 66.7 cm³/mol. The first-order valence-corrected chi connectivity index (χ1v) is 5.92. The average Bonchev–Trinajstić information content (AvgIpc) is 2.34. The number of anilines is 1. The standard InChI is InChI=1S/C12H17F4N3O/c1-11(2,3)10-18-7(17-4)5-8(19-10)20-6-12(15,16)9(13)14/h5,9H,6H2,1-4H3,(H,17,18,19). The Morgan fingerprint density at radius 3 is 2.30 bits per heavy atom. The highest BCUT2D eigenvalue weighted by Crippen LogP contribution is 2.26. The number of nitrogens with zero attached hydrogens (tertiary/aromatic N) is 2. The molecule has 114 valence electrons. The molecule has 0 radical (unpaired) electrons. The van der Waals surface area contributed by atoms with Gasteiger partial charge in [-0.2, -0.15) is 13.8 Å². The molecule has 0 saturated carbocycles. The van der Waals surface area contributed by atoms with Crippen LogP contribution in [0.5, 0.6) is 5.88 Å². The summed E-state index contributed by atoms with van der Waals surface area (Å²) in [5.41, 5.74) is -0.434. The number of rotatable bonds is 5. The molecule has 1 aromatic rings. The van der Waals surface area contributed by atoms with Crippen molar-refractivity contribution in [1.82, 2.24) is 9.97 Å². The third kappa shape index (κ3) is 4.21. The van der Waals surface area contributed by atoms with Crippen LogP contribution in [0.3, 0.4) is 0 Å². The molecular formula is C12H17F4N3O. The van der Waals surface area contributed by atoms with Gasteiger partial charge in [-0.3, -0.25) is 0 Å². The van der Waals surface area contributed by atoms with Crippen molar-refractivity contribution in [2.24, 2.45) is 0 Å². The lowest BCUT2D eigenvalue weighted by molar-refractivity contribution is -0.148. The van der Waals surface area contributed by atoms with Gasteiger partial charge >= 0.3 is 12.3 Å². The Hall–Kier alpha value is -1.60. The summed E-state index contributed by atoms with van der Waals surface area (Å²) in [5.74, 6) is -3.67. The van der Waals surface area contributed by atoms with E-state index in [4.69, 9.17) is 0 Å². The fraction of sp³-hybridized carbons (Fsp3) is 0.667. The van der Waals surface area contributed by atoms with E-state index < -0.39 is 24.4 Å². The molecule has 20 heavy (non-hydrogen) atoms. The van der Waals surface area contributed by atoms with Gasteiger partial charge in [0.05, 0.1) is 0 Å². The van der Waals surface area contributed by atoms with Gasteiger partial charge in [0.15, 0.2) is 6.61 Å². The van der Waals surface area contributed by atoms with E-state index in [1.165, 1.54) is 6.07 Å². The number of nitrogens with one attached hydrogen (secondary N) is 1. The van der Waals surface area contributed by atoms with E-state index >= 15 is 0 Å². The van der Waals surface area contributed by atoms with Gasteiger partial charge in [0.25, 0.3) is 0 Å². The van der Waals surface area contributed by atoms with Crippen molar-refractivity contribution < 1.29 is 22.3 Å². The third-order valence-electron chi connectivity index (χ3n) is 2.36. The topological polar surface area (TPSA) is 47.0 Å². The largest absolute Gasteiger partial charge is 0.471 e. The van der Waals surface area contributed by atoms with Gasteiger partial charge in [-0.25, -0.2) is 13.8 Å². The van der Waals surface area contributed by atoms with E-state index in [0.717, 1.165) is 0 Å². The Balaban J connectivity index is 2.96. The van der Waals surface area contributed by atoms with Crippen molar-refractivity contribution in [2.75, 3.05) is 19.0 Å². The second kappa shape index (κ2) is 5.80. The zero-order chi connectivity index (χ0) is 15.6. The summed E-state index contributed by atoms with van der Waals surface area (Å²) < 4.78 is 54.4. The maximum Gasteiger partial charge on any atom is 0.340 e. The maximum atomic E-state index is 12.8. The molecule has 1 N–H and O–H groups in total. The summed E-state index contributed by atoms with van der Waals surface area (Å²) in [4.78, 5) is 8.13. The first-order chi connectivity index (χ1) is 9.06. The van der Waals surface area contributed by atoms with Crippen LogP contribution in [0, 0.1) is 0 Å².